The fourth-order valence-corrected chi connectivity index (χ4v) is 6.93. The highest BCUT2D eigenvalue weighted by Gasteiger charge is 2.44. The normalized spacial score (nSPS) is 12.6. The summed E-state index contributed by atoms with van der Waals surface area (Å²) in [6.45, 7) is 8.38. The molecule has 4 aliphatic rings. The molecular weight excluding hydrogens is 707 g/mol. The molecule has 0 spiro atoms. The first-order chi connectivity index (χ1) is 24.4. The summed E-state index contributed by atoms with van der Waals surface area (Å²) in [6, 6.07) is 7.33. The number of hydrogen-bond donors (Lipinski definition) is 2. The Balaban J connectivity index is 1.39. The van der Waals surface area contributed by atoms with Crippen LogP contribution in [0.15, 0.2) is 43.4 Å². The van der Waals surface area contributed by atoms with E-state index in [1.54, 1.807) is 9.13 Å². The zero-order valence-corrected chi connectivity index (χ0v) is 29.4. The lowest BCUT2D eigenvalue weighted by Crippen LogP contribution is -2.35. The third-order valence-electron chi connectivity index (χ3n) is 9.22. The van der Waals surface area contributed by atoms with Gasteiger partial charge >= 0.3 is 16.9 Å². The van der Waals surface area contributed by atoms with Gasteiger partial charge in [-0.2, -0.15) is 23.1 Å². The molecule has 15 nitrogen and oxygen atoms in total. The molecule has 0 saturated heterocycles. The van der Waals surface area contributed by atoms with E-state index in [9.17, 15) is 40.8 Å². The molecule has 0 radical (unpaired) electrons. The number of benzene rings is 2. The van der Waals surface area contributed by atoms with Crippen LogP contribution < -0.4 is 22.5 Å². The second kappa shape index (κ2) is 13.7. The van der Waals surface area contributed by atoms with Crippen molar-refractivity contribution >= 4 is 31.9 Å². The summed E-state index contributed by atoms with van der Waals surface area (Å²) in [4.78, 5) is 73.5. The number of halogens is 3. The molecule has 2 aromatic rings. The van der Waals surface area contributed by atoms with Crippen LogP contribution in [0.5, 0.6) is 0 Å². The molecule has 0 unspecified atom stereocenters. The molecule has 4 heterocycles. The number of H-pyrrole nitrogens is 2. The van der Waals surface area contributed by atoms with Crippen molar-refractivity contribution in [2.75, 3.05) is 25.4 Å². The minimum atomic E-state index is -5.36. The second-order valence-electron chi connectivity index (χ2n) is 12.8. The lowest BCUT2D eigenvalue weighted by Gasteiger charge is -2.26. The minimum absolute atomic E-state index is 0.0402. The molecule has 52 heavy (non-hydrogen) atoms. The first-order valence-electron chi connectivity index (χ1n) is 16.3. The highest BCUT2D eigenvalue weighted by atomic mass is 32.2. The smallest absolute Gasteiger partial charge is 0.321 e. The molecule has 0 fully saturated rings. The van der Waals surface area contributed by atoms with Gasteiger partial charge in [0.1, 0.15) is 0 Å². The Bertz CT molecular complexity index is 2490. The van der Waals surface area contributed by atoms with Gasteiger partial charge in [0.15, 0.2) is 23.0 Å². The summed E-state index contributed by atoms with van der Waals surface area (Å²) in [6.07, 6.45) is -0.201. The number of alkyl halides is 3. The Hall–Kier alpha value is -5.30. The number of aryl methyl sites for hydroxylation is 4. The Morgan fingerprint density at radius 3 is 1.50 bits per heavy atom. The van der Waals surface area contributed by atoms with Crippen molar-refractivity contribution in [3.63, 3.8) is 0 Å². The molecule has 2 aromatic carbocycles. The fourth-order valence-electron chi connectivity index (χ4n) is 6.11. The molecular formula is C33H34F3N9O6S. The maximum Gasteiger partial charge on any atom is 0.497 e. The number of nitrogens with one attached hydrogen (secondary N) is 2. The van der Waals surface area contributed by atoms with E-state index in [-0.39, 0.29) is 68.6 Å². The maximum atomic E-state index is 13.0. The second-order valence-corrected chi connectivity index (χ2v) is 14.9. The average Bonchev–Trinajstić information content (AvgIpc) is 3.04. The van der Waals surface area contributed by atoms with Gasteiger partial charge in [0.25, 0.3) is 11.1 Å². The van der Waals surface area contributed by atoms with Gasteiger partial charge in [0.2, 0.25) is 9.84 Å². The predicted octanol–water partition coefficient (Wildman–Crippen LogP) is 2.43. The Morgan fingerprint density at radius 1 is 0.654 bits per heavy atom. The first kappa shape index (κ1) is 36.5. The number of sulfone groups is 1. The summed E-state index contributed by atoms with van der Waals surface area (Å²) in [7, 11) is -5.32. The van der Waals surface area contributed by atoms with Gasteiger partial charge < -0.3 is 9.13 Å². The van der Waals surface area contributed by atoms with Gasteiger partial charge in [0.05, 0.1) is 27.8 Å². The molecule has 0 atom stereocenters. The largest absolute Gasteiger partial charge is 0.497 e. The van der Waals surface area contributed by atoms with E-state index in [0.717, 1.165) is 22.3 Å². The van der Waals surface area contributed by atoms with Crippen LogP contribution in [-0.4, -0.2) is 83.3 Å². The Morgan fingerprint density at radius 2 is 1.08 bits per heavy atom. The summed E-state index contributed by atoms with van der Waals surface area (Å²) < 4.78 is 66.0. The van der Waals surface area contributed by atoms with E-state index in [1.165, 1.54) is 0 Å². The van der Waals surface area contributed by atoms with Crippen molar-refractivity contribution in [3.05, 3.63) is 88.2 Å². The van der Waals surface area contributed by atoms with Crippen LogP contribution in [-0.2, 0) is 22.9 Å². The molecule has 0 aromatic heterocycles. The zero-order valence-electron chi connectivity index (χ0n) is 28.6. The van der Waals surface area contributed by atoms with Gasteiger partial charge in [-0.25, -0.2) is 28.0 Å². The molecule has 274 valence electrons. The van der Waals surface area contributed by atoms with Gasteiger partial charge in [-0.05, 0) is 93.6 Å². The van der Waals surface area contributed by atoms with Gasteiger partial charge in [0, 0.05) is 26.2 Å². The van der Waals surface area contributed by atoms with Gasteiger partial charge in [-0.1, -0.05) is 0 Å². The number of fused-ring (bicyclic) bond motifs is 4. The third-order valence-corrected chi connectivity index (χ3v) is 10.7. The van der Waals surface area contributed by atoms with E-state index in [2.05, 4.69) is 29.9 Å². The zero-order chi connectivity index (χ0) is 37.7. The Labute approximate surface area is 292 Å². The fraction of sp³-hybridized carbons (Fsp3) is 0.394. The van der Waals surface area contributed by atoms with Crippen LogP contribution in [0.2, 0.25) is 0 Å². The van der Waals surface area contributed by atoms with E-state index < -0.39 is 43.6 Å². The number of aromatic nitrogens is 8. The van der Waals surface area contributed by atoms with E-state index in [0.29, 0.717) is 22.1 Å². The quantitative estimate of drug-likeness (QED) is 0.146. The van der Waals surface area contributed by atoms with Crippen LogP contribution in [0, 0.1) is 27.7 Å². The molecule has 2 N–H and O–H groups in total. The lowest BCUT2D eigenvalue weighted by atomic mass is 10.1. The summed E-state index contributed by atoms with van der Waals surface area (Å²) in [5.41, 5.74) is -2.85. The number of nitrogens with zero attached hydrogens (tertiary/aromatic N) is 7. The SMILES string of the molecule is Cc1cc2nc3c(=O)[nH]c(=O)nc-3n(CCN(CCCCS(=O)(=O)C(F)(F)F)CCn3c4nc(=O)[nH]c(=O)c-4nc4cc(C)c(C)cc43)c2cc1C. The van der Waals surface area contributed by atoms with E-state index >= 15 is 0 Å². The Kier molecular flexibility index (Phi) is 9.60. The molecule has 0 saturated carbocycles. The van der Waals surface area contributed by atoms with Gasteiger partial charge in [-0.15, -0.1) is 0 Å². The monoisotopic (exact) mass is 741 g/mol. The van der Waals surface area contributed by atoms with Gasteiger partial charge in [-0.3, -0.25) is 24.5 Å². The van der Waals surface area contributed by atoms with Crippen LogP contribution >= 0.6 is 0 Å². The number of aromatic amines is 2. The van der Waals surface area contributed by atoms with E-state index in [4.69, 9.17) is 0 Å². The minimum Gasteiger partial charge on any atom is -0.321 e. The highest BCUT2D eigenvalue weighted by Crippen LogP contribution is 2.27. The summed E-state index contributed by atoms with van der Waals surface area (Å²) in [5, 5.41) is 0. The van der Waals surface area contributed by atoms with Crippen molar-refractivity contribution < 1.29 is 21.6 Å². The number of unbranched alkanes of at least 4 members (excludes halogenated alkanes) is 1. The van der Waals surface area contributed by atoms with Crippen molar-refractivity contribution in [3.8, 4) is 23.0 Å². The highest BCUT2D eigenvalue weighted by molar-refractivity contribution is 7.92. The van der Waals surface area contributed by atoms with Crippen LogP contribution in [0.25, 0.3) is 45.1 Å². The van der Waals surface area contributed by atoms with E-state index in [1.807, 2.05) is 56.9 Å². The standard InChI is InChI=1S/C33H34F3N9O6S/c1-17-13-21-23(15-19(17)3)44(27-25(37-21)29(46)41-31(48)39-27)10-8-43(7-5-6-12-52(50,51)33(34,35)36)9-11-45-24-16-20(4)18(2)14-22(24)38-26-28(45)40-32(49)42-30(26)47/h13-16H,5-12H2,1-4H3,(H,41,46,48)(H,42,47,49). The number of hydrogen-bond acceptors (Lipinski definition) is 11. The molecule has 4 aliphatic heterocycles. The molecule has 0 aliphatic carbocycles. The topological polar surface area (TPSA) is 199 Å². The molecule has 19 heteroatoms. The summed E-state index contributed by atoms with van der Waals surface area (Å²) in [5.74, 6) is -1.00. The van der Waals surface area contributed by atoms with Crippen LogP contribution in [0.1, 0.15) is 35.1 Å². The predicted molar refractivity (Wildman–Crippen MR) is 187 cm³/mol. The number of rotatable bonds is 11. The first-order valence-corrected chi connectivity index (χ1v) is 17.9. The van der Waals surface area contributed by atoms with Crippen LogP contribution in [0.4, 0.5) is 13.2 Å². The molecule has 0 bridgehead atoms. The average molecular weight is 742 g/mol. The molecule has 0 amide bonds. The summed E-state index contributed by atoms with van der Waals surface area (Å²) >= 11 is 0. The van der Waals surface area contributed by atoms with Crippen molar-refractivity contribution in [2.24, 2.45) is 0 Å². The lowest BCUT2D eigenvalue weighted by molar-refractivity contribution is -0.0435. The third kappa shape index (κ3) is 7.09. The van der Waals surface area contributed by atoms with Crippen LogP contribution in [0.3, 0.4) is 0 Å². The molecule has 6 rings (SSSR count). The van der Waals surface area contributed by atoms with Crippen molar-refractivity contribution in [1.82, 2.24) is 43.9 Å². The maximum absolute atomic E-state index is 13.0. The van der Waals surface area contributed by atoms with Crippen molar-refractivity contribution in [1.29, 1.82) is 0 Å². The van der Waals surface area contributed by atoms with Crippen molar-refractivity contribution in [2.45, 2.75) is 59.1 Å².